The summed E-state index contributed by atoms with van der Waals surface area (Å²) in [6, 6.07) is 65.4. The van der Waals surface area contributed by atoms with Gasteiger partial charge in [-0.25, -0.2) is 0 Å². The molecule has 0 aliphatic carbocycles. The van der Waals surface area contributed by atoms with Gasteiger partial charge in [-0.3, -0.25) is 0 Å². The summed E-state index contributed by atoms with van der Waals surface area (Å²) in [6.45, 7) is 0. The van der Waals surface area contributed by atoms with Crippen LogP contribution in [0, 0.1) is 0 Å². The van der Waals surface area contributed by atoms with E-state index in [4.69, 9.17) is 4.42 Å². The maximum absolute atomic E-state index is 6.67. The van der Waals surface area contributed by atoms with Crippen LogP contribution in [0.3, 0.4) is 0 Å². The number of aromatic nitrogens is 2. The second kappa shape index (κ2) is 10.8. The summed E-state index contributed by atoms with van der Waals surface area (Å²) < 4.78 is 11.5. The Morgan fingerprint density at radius 1 is 0.333 bits per heavy atom. The predicted molar refractivity (Wildman–Crippen MR) is 213 cm³/mol. The molecule has 3 aromatic heterocycles. The van der Waals surface area contributed by atoms with Crippen molar-refractivity contribution in [3.63, 3.8) is 0 Å². The minimum Gasteiger partial charge on any atom is -0.456 e. The summed E-state index contributed by atoms with van der Waals surface area (Å²) in [5, 5.41) is 7.18. The third kappa shape index (κ3) is 4.12. The van der Waals surface area contributed by atoms with Crippen LogP contribution in [-0.4, -0.2) is 9.13 Å². The molecule has 0 radical (unpaired) electrons. The van der Waals surface area contributed by atoms with E-state index in [1.807, 2.05) is 0 Å². The number of hydrogen-bond donors (Lipinski definition) is 0. The van der Waals surface area contributed by atoms with Crippen molar-refractivity contribution < 1.29 is 4.42 Å². The monoisotopic (exact) mass is 650 g/mol. The Kier molecular flexibility index (Phi) is 5.96. The van der Waals surface area contributed by atoms with Crippen molar-refractivity contribution in [2.24, 2.45) is 0 Å². The van der Waals surface area contributed by atoms with Crippen LogP contribution in [0.1, 0.15) is 0 Å². The summed E-state index contributed by atoms with van der Waals surface area (Å²) in [5.74, 6) is 0. The van der Waals surface area contributed by atoms with Gasteiger partial charge in [0.1, 0.15) is 11.2 Å². The second-order valence-electron chi connectivity index (χ2n) is 13.3. The van der Waals surface area contributed by atoms with Crippen LogP contribution >= 0.6 is 0 Å². The van der Waals surface area contributed by atoms with E-state index in [0.717, 1.165) is 50.0 Å². The van der Waals surface area contributed by atoms with E-state index in [-0.39, 0.29) is 0 Å². The lowest BCUT2D eigenvalue weighted by atomic mass is 9.92. The molecule has 0 saturated heterocycles. The van der Waals surface area contributed by atoms with Crippen LogP contribution in [0.25, 0.3) is 99.2 Å². The van der Waals surface area contributed by atoms with Gasteiger partial charge in [0.25, 0.3) is 0 Å². The molecule has 3 heterocycles. The highest BCUT2D eigenvalue weighted by atomic mass is 16.3. The quantitative estimate of drug-likeness (QED) is 0.186. The van der Waals surface area contributed by atoms with E-state index in [1.54, 1.807) is 0 Å². The lowest BCUT2D eigenvalue weighted by molar-refractivity contribution is 0.669. The normalized spacial score (nSPS) is 11.9. The van der Waals surface area contributed by atoms with E-state index in [0.29, 0.717) is 0 Å². The summed E-state index contributed by atoms with van der Waals surface area (Å²) in [5.41, 5.74) is 13.4. The summed E-state index contributed by atoms with van der Waals surface area (Å²) in [7, 11) is 0. The predicted octanol–water partition coefficient (Wildman–Crippen LogP) is 13.1. The van der Waals surface area contributed by atoms with Crippen molar-refractivity contribution >= 4 is 65.6 Å². The van der Waals surface area contributed by atoms with E-state index in [2.05, 4.69) is 191 Å². The zero-order chi connectivity index (χ0) is 33.5. The average molecular weight is 651 g/mol. The van der Waals surface area contributed by atoms with Gasteiger partial charge in [0.2, 0.25) is 0 Å². The number of fused-ring (bicyclic) bond motifs is 9. The Hall–Kier alpha value is -6.84. The molecule has 0 N–H and O–H groups in total. The Bertz CT molecular complexity index is 3130. The maximum Gasteiger partial charge on any atom is 0.136 e. The van der Waals surface area contributed by atoms with E-state index in [1.165, 1.54) is 49.2 Å². The molecule has 3 heteroatoms. The topological polar surface area (TPSA) is 23.0 Å². The number of nitrogens with zero attached hydrogens (tertiary/aromatic N) is 2. The largest absolute Gasteiger partial charge is 0.456 e. The fourth-order valence-corrected chi connectivity index (χ4v) is 8.32. The molecule has 3 nitrogen and oxygen atoms in total. The molecule has 0 fully saturated rings. The molecule has 0 unspecified atom stereocenters. The molecule has 0 saturated carbocycles. The van der Waals surface area contributed by atoms with Gasteiger partial charge in [-0.05, 0) is 83.4 Å². The first-order chi connectivity index (χ1) is 25.3. The smallest absolute Gasteiger partial charge is 0.136 e. The molecular formula is C48H30N2O. The van der Waals surface area contributed by atoms with Crippen molar-refractivity contribution in [3.05, 3.63) is 182 Å². The zero-order valence-electron chi connectivity index (χ0n) is 27.6. The Labute approximate surface area is 293 Å². The average Bonchev–Trinajstić information content (AvgIpc) is 3.86. The Balaban J connectivity index is 1.23. The van der Waals surface area contributed by atoms with Crippen molar-refractivity contribution in [1.82, 2.24) is 9.13 Å². The molecule has 8 aromatic carbocycles. The SMILES string of the molecule is c1ccc(-n2c3ccccc3c3cc(-c4cc(-c5cccc6c7ccccc7n(-c7ccccc7)c56)c5c(c4)oc4ccccc45)ccc32)cc1. The molecule has 0 aliphatic heterocycles. The molecule has 238 valence electrons. The van der Waals surface area contributed by atoms with Gasteiger partial charge in [0.05, 0.1) is 22.1 Å². The highest BCUT2D eigenvalue weighted by molar-refractivity contribution is 6.20. The van der Waals surface area contributed by atoms with Gasteiger partial charge >= 0.3 is 0 Å². The van der Waals surface area contributed by atoms with Gasteiger partial charge < -0.3 is 13.6 Å². The van der Waals surface area contributed by atoms with Crippen molar-refractivity contribution in [2.75, 3.05) is 0 Å². The summed E-state index contributed by atoms with van der Waals surface area (Å²) >= 11 is 0. The number of furan rings is 1. The van der Waals surface area contributed by atoms with E-state index < -0.39 is 0 Å². The van der Waals surface area contributed by atoms with Gasteiger partial charge in [-0.1, -0.05) is 115 Å². The highest BCUT2D eigenvalue weighted by Gasteiger charge is 2.21. The van der Waals surface area contributed by atoms with Crippen LogP contribution in [0.2, 0.25) is 0 Å². The standard InChI is InChI=1S/C48H30N2O/c1-3-14-33(15-4-1)49-42-23-10-8-19-36(42)40-28-31(26-27-44(40)49)32-29-41(47-39-20-9-12-25-45(39)51-46(47)30-32)38-22-13-21-37-35-18-7-11-24-43(35)50(48(37)38)34-16-5-2-6-17-34/h1-30H. The second-order valence-corrected chi connectivity index (χ2v) is 13.3. The van der Waals surface area contributed by atoms with Gasteiger partial charge in [-0.2, -0.15) is 0 Å². The van der Waals surface area contributed by atoms with Gasteiger partial charge in [0, 0.05) is 49.3 Å². The number of para-hydroxylation sites is 6. The van der Waals surface area contributed by atoms with Crippen LogP contribution in [-0.2, 0) is 0 Å². The molecule has 0 atom stereocenters. The minimum absolute atomic E-state index is 0.884. The molecule has 0 bridgehead atoms. The summed E-state index contributed by atoms with van der Waals surface area (Å²) in [4.78, 5) is 0. The fraction of sp³-hybridized carbons (Fsp3) is 0. The third-order valence-corrected chi connectivity index (χ3v) is 10.5. The molecule has 11 aromatic rings. The molecule has 0 aliphatic rings. The molecule has 51 heavy (non-hydrogen) atoms. The summed E-state index contributed by atoms with van der Waals surface area (Å²) in [6.07, 6.45) is 0. The number of hydrogen-bond acceptors (Lipinski definition) is 1. The van der Waals surface area contributed by atoms with Crippen LogP contribution < -0.4 is 0 Å². The first kappa shape index (κ1) is 28.0. The number of benzene rings is 8. The first-order valence-electron chi connectivity index (χ1n) is 17.4. The van der Waals surface area contributed by atoms with E-state index in [9.17, 15) is 0 Å². The lowest BCUT2D eigenvalue weighted by Crippen LogP contribution is -1.95. The van der Waals surface area contributed by atoms with Crippen molar-refractivity contribution in [3.8, 4) is 33.6 Å². The van der Waals surface area contributed by atoms with Crippen molar-refractivity contribution in [1.29, 1.82) is 0 Å². The van der Waals surface area contributed by atoms with Crippen LogP contribution in [0.15, 0.2) is 186 Å². The molecule has 11 rings (SSSR count). The molecule has 0 amide bonds. The molecule has 0 spiro atoms. The zero-order valence-corrected chi connectivity index (χ0v) is 27.6. The number of rotatable bonds is 4. The maximum atomic E-state index is 6.67. The van der Waals surface area contributed by atoms with Gasteiger partial charge in [0.15, 0.2) is 0 Å². The molecular weight excluding hydrogens is 621 g/mol. The Morgan fingerprint density at radius 2 is 0.922 bits per heavy atom. The van der Waals surface area contributed by atoms with Crippen LogP contribution in [0.5, 0.6) is 0 Å². The van der Waals surface area contributed by atoms with E-state index >= 15 is 0 Å². The fourth-order valence-electron chi connectivity index (χ4n) is 8.32. The van der Waals surface area contributed by atoms with Crippen LogP contribution in [0.4, 0.5) is 0 Å². The minimum atomic E-state index is 0.884. The van der Waals surface area contributed by atoms with Crippen molar-refractivity contribution in [2.45, 2.75) is 0 Å². The highest BCUT2D eigenvalue weighted by Crippen LogP contribution is 2.45. The first-order valence-corrected chi connectivity index (χ1v) is 17.4. The third-order valence-electron chi connectivity index (χ3n) is 10.5. The van der Waals surface area contributed by atoms with Gasteiger partial charge in [-0.15, -0.1) is 0 Å². The Morgan fingerprint density at radius 3 is 1.69 bits per heavy atom. The lowest BCUT2D eigenvalue weighted by Gasteiger charge is -2.14.